The van der Waals surface area contributed by atoms with Crippen LogP contribution in [0.2, 0.25) is 0 Å². The van der Waals surface area contributed by atoms with Gasteiger partial charge in [0.25, 0.3) is 0 Å². The summed E-state index contributed by atoms with van der Waals surface area (Å²) in [5.74, 6) is -0.889. The van der Waals surface area contributed by atoms with Crippen molar-refractivity contribution in [1.29, 1.82) is 0 Å². The lowest BCUT2D eigenvalue weighted by atomic mass is 10.2. The van der Waals surface area contributed by atoms with E-state index < -0.39 is 11.6 Å². The number of benzene rings is 2. The van der Waals surface area contributed by atoms with E-state index in [-0.39, 0.29) is 6.54 Å². The highest BCUT2D eigenvalue weighted by molar-refractivity contribution is 5.46. The molecule has 4 heteroatoms. The van der Waals surface area contributed by atoms with Gasteiger partial charge in [0.05, 0.1) is 7.11 Å². The maximum atomic E-state index is 13.4. The zero-order valence-corrected chi connectivity index (χ0v) is 9.91. The van der Waals surface area contributed by atoms with Crippen LogP contribution in [-0.2, 0) is 6.54 Å². The summed E-state index contributed by atoms with van der Waals surface area (Å²) in [6.45, 7) is 0.232. The average Bonchev–Trinajstić information content (AvgIpc) is 2.41. The van der Waals surface area contributed by atoms with Gasteiger partial charge in [-0.05, 0) is 30.3 Å². The monoisotopic (exact) mass is 249 g/mol. The lowest BCUT2D eigenvalue weighted by Crippen LogP contribution is -2.03. The Balaban J connectivity index is 2.04. The lowest BCUT2D eigenvalue weighted by molar-refractivity contribution is 0.415. The van der Waals surface area contributed by atoms with Gasteiger partial charge in [0, 0.05) is 17.8 Å². The van der Waals surface area contributed by atoms with Crippen LogP contribution in [-0.4, -0.2) is 7.11 Å². The molecule has 0 atom stereocenters. The number of ether oxygens (including phenoxy) is 1. The van der Waals surface area contributed by atoms with Crippen molar-refractivity contribution in [3.8, 4) is 5.75 Å². The van der Waals surface area contributed by atoms with E-state index >= 15 is 0 Å². The summed E-state index contributed by atoms with van der Waals surface area (Å²) < 4.78 is 31.4. The third-order valence-electron chi connectivity index (χ3n) is 2.60. The minimum absolute atomic E-state index is 0.232. The molecule has 0 aliphatic carbocycles. The standard InChI is InChI=1S/C14H13F2NO/c1-18-12-7-5-11(6-8-12)17-9-10-3-2-4-13(15)14(10)16/h2-8,17H,9H2,1H3. The fourth-order valence-corrected chi connectivity index (χ4v) is 1.59. The Hall–Kier alpha value is -2.10. The van der Waals surface area contributed by atoms with Gasteiger partial charge < -0.3 is 10.1 Å². The summed E-state index contributed by atoms with van der Waals surface area (Å²) in [6.07, 6.45) is 0. The Morgan fingerprint density at radius 2 is 1.78 bits per heavy atom. The lowest BCUT2D eigenvalue weighted by Gasteiger charge is -2.08. The summed E-state index contributed by atoms with van der Waals surface area (Å²) in [7, 11) is 1.59. The second kappa shape index (κ2) is 5.49. The van der Waals surface area contributed by atoms with Gasteiger partial charge in [0.2, 0.25) is 0 Å². The van der Waals surface area contributed by atoms with E-state index in [4.69, 9.17) is 4.74 Å². The van der Waals surface area contributed by atoms with Gasteiger partial charge in [-0.25, -0.2) is 8.78 Å². The van der Waals surface area contributed by atoms with Crippen molar-refractivity contribution < 1.29 is 13.5 Å². The Kier molecular flexibility index (Phi) is 3.77. The number of hydrogen-bond donors (Lipinski definition) is 1. The predicted octanol–water partition coefficient (Wildman–Crippen LogP) is 3.59. The molecule has 0 bridgehead atoms. The van der Waals surface area contributed by atoms with Crippen molar-refractivity contribution in [2.45, 2.75) is 6.54 Å². The molecule has 0 aliphatic heterocycles. The Morgan fingerprint density at radius 1 is 1.06 bits per heavy atom. The number of methoxy groups -OCH3 is 1. The Bertz CT molecular complexity index is 526. The first-order chi connectivity index (χ1) is 8.70. The van der Waals surface area contributed by atoms with E-state index in [1.165, 1.54) is 6.07 Å². The third-order valence-corrected chi connectivity index (χ3v) is 2.60. The van der Waals surface area contributed by atoms with Crippen LogP contribution in [0, 0.1) is 11.6 Å². The molecule has 2 aromatic rings. The normalized spacial score (nSPS) is 10.2. The number of hydrogen-bond acceptors (Lipinski definition) is 2. The molecule has 2 rings (SSSR count). The number of nitrogens with one attached hydrogen (secondary N) is 1. The minimum Gasteiger partial charge on any atom is -0.497 e. The maximum Gasteiger partial charge on any atom is 0.163 e. The van der Waals surface area contributed by atoms with Crippen molar-refractivity contribution in [1.82, 2.24) is 0 Å². The molecule has 1 N–H and O–H groups in total. The highest BCUT2D eigenvalue weighted by Crippen LogP contribution is 2.17. The Labute approximate surface area is 104 Å². The number of anilines is 1. The van der Waals surface area contributed by atoms with Gasteiger partial charge in [0.15, 0.2) is 11.6 Å². The smallest absolute Gasteiger partial charge is 0.163 e. The molecular weight excluding hydrogens is 236 g/mol. The second-order valence-electron chi connectivity index (χ2n) is 3.79. The highest BCUT2D eigenvalue weighted by atomic mass is 19.2. The first-order valence-electron chi connectivity index (χ1n) is 5.51. The summed E-state index contributed by atoms with van der Waals surface area (Å²) in [4.78, 5) is 0. The van der Waals surface area contributed by atoms with E-state index in [9.17, 15) is 8.78 Å². The highest BCUT2D eigenvalue weighted by Gasteiger charge is 2.06. The molecule has 94 valence electrons. The molecule has 2 nitrogen and oxygen atoms in total. The van der Waals surface area contributed by atoms with Crippen LogP contribution in [0.1, 0.15) is 5.56 Å². The summed E-state index contributed by atoms with van der Waals surface area (Å²) in [6, 6.07) is 11.4. The first-order valence-corrected chi connectivity index (χ1v) is 5.51. The van der Waals surface area contributed by atoms with Gasteiger partial charge in [-0.1, -0.05) is 12.1 Å². The molecule has 0 radical (unpaired) electrons. The van der Waals surface area contributed by atoms with Crippen LogP contribution in [0.5, 0.6) is 5.75 Å². The van der Waals surface area contributed by atoms with E-state index in [0.29, 0.717) is 5.56 Å². The van der Waals surface area contributed by atoms with Crippen LogP contribution in [0.3, 0.4) is 0 Å². The summed E-state index contributed by atoms with van der Waals surface area (Å²) >= 11 is 0. The summed E-state index contributed by atoms with van der Waals surface area (Å²) in [5, 5.41) is 3.02. The molecule has 0 spiro atoms. The number of rotatable bonds is 4. The van der Waals surface area contributed by atoms with Crippen molar-refractivity contribution in [3.05, 3.63) is 59.7 Å². The fourth-order valence-electron chi connectivity index (χ4n) is 1.59. The Morgan fingerprint density at radius 3 is 2.44 bits per heavy atom. The van der Waals surface area contributed by atoms with Gasteiger partial charge in [-0.15, -0.1) is 0 Å². The van der Waals surface area contributed by atoms with E-state index in [1.807, 2.05) is 12.1 Å². The van der Waals surface area contributed by atoms with Crippen molar-refractivity contribution in [2.24, 2.45) is 0 Å². The van der Waals surface area contributed by atoms with E-state index in [1.54, 1.807) is 25.3 Å². The molecule has 0 unspecified atom stereocenters. The van der Waals surface area contributed by atoms with Crippen LogP contribution >= 0.6 is 0 Å². The van der Waals surface area contributed by atoms with Crippen molar-refractivity contribution in [2.75, 3.05) is 12.4 Å². The van der Waals surface area contributed by atoms with Gasteiger partial charge >= 0.3 is 0 Å². The molecule has 0 heterocycles. The molecule has 2 aromatic carbocycles. The van der Waals surface area contributed by atoms with Gasteiger partial charge in [-0.2, -0.15) is 0 Å². The molecule has 0 saturated carbocycles. The topological polar surface area (TPSA) is 21.3 Å². The zero-order valence-electron chi connectivity index (χ0n) is 9.91. The summed E-state index contributed by atoms with van der Waals surface area (Å²) in [5.41, 5.74) is 1.12. The molecule has 0 saturated heterocycles. The predicted molar refractivity (Wildman–Crippen MR) is 66.7 cm³/mol. The molecule has 0 fully saturated rings. The molecule has 0 aliphatic rings. The molecule has 18 heavy (non-hydrogen) atoms. The first kappa shape index (κ1) is 12.4. The quantitative estimate of drug-likeness (QED) is 0.894. The maximum absolute atomic E-state index is 13.4. The molecule has 0 aromatic heterocycles. The average molecular weight is 249 g/mol. The third kappa shape index (κ3) is 2.77. The SMILES string of the molecule is COc1ccc(NCc2cccc(F)c2F)cc1. The fraction of sp³-hybridized carbons (Fsp3) is 0.143. The second-order valence-corrected chi connectivity index (χ2v) is 3.79. The van der Waals surface area contributed by atoms with Crippen molar-refractivity contribution >= 4 is 5.69 Å². The van der Waals surface area contributed by atoms with Crippen LogP contribution in [0.15, 0.2) is 42.5 Å². The van der Waals surface area contributed by atoms with E-state index in [2.05, 4.69) is 5.32 Å². The molecule has 0 amide bonds. The minimum atomic E-state index is -0.830. The van der Waals surface area contributed by atoms with Crippen LogP contribution in [0.25, 0.3) is 0 Å². The van der Waals surface area contributed by atoms with Crippen LogP contribution in [0.4, 0.5) is 14.5 Å². The van der Waals surface area contributed by atoms with Crippen LogP contribution < -0.4 is 10.1 Å². The largest absolute Gasteiger partial charge is 0.497 e. The van der Waals surface area contributed by atoms with Gasteiger partial charge in [-0.3, -0.25) is 0 Å². The van der Waals surface area contributed by atoms with Gasteiger partial charge in [0.1, 0.15) is 5.75 Å². The number of halogens is 2. The molecular formula is C14H13F2NO. The van der Waals surface area contributed by atoms with Crippen molar-refractivity contribution in [3.63, 3.8) is 0 Å². The van der Waals surface area contributed by atoms with E-state index in [0.717, 1.165) is 17.5 Å². The zero-order chi connectivity index (χ0) is 13.0.